The van der Waals surface area contributed by atoms with E-state index in [4.69, 9.17) is 10.2 Å². The third-order valence-electron chi connectivity index (χ3n) is 2.34. The van der Waals surface area contributed by atoms with Crippen LogP contribution in [0, 0.1) is 0 Å². The van der Waals surface area contributed by atoms with E-state index in [1.165, 1.54) is 6.92 Å². The molecule has 0 saturated heterocycles. The Morgan fingerprint density at radius 3 is 2.15 bits per heavy atom. The third kappa shape index (κ3) is 7.19. The fourth-order valence-electron chi connectivity index (χ4n) is 1.31. The summed E-state index contributed by atoms with van der Waals surface area (Å²) in [7, 11) is 0. The van der Waals surface area contributed by atoms with Crippen molar-refractivity contribution in [3.8, 4) is 0 Å². The minimum atomic E-state index is -1.34. The summed E-state index contributed by atoms with van der Waals surface area (Å²) in [5.74, 6) is -2.90. The van der Waals surface area contributed by atoms with Gasteiger partial charge in [0.05, 0.1) is 0 Å². The maximum Gasteiger partial charge on any atom is 0.326 e. The zero-order valence-corrected chi connectivity index (χ0v) is 11.3. The molecule has 9 nitrogen and oxygen atoms in total. The molecule has 1 unspecified atom stereocenters. The molecule has 0 aliphatic carbocycles. The summed E-state index contributed by atoms with van der Waals surface area (Å²) >= 11 is 0. The fourth-order valence-corrected chi connectivity index (χ4v) is 1.31. The summed E-state index contributed by atoms with van der Waals surface area (Å²) in [6.45, 7) is 3.57. The van der Waals surface area contributed by atoms with Gasteiger partial charge in [-0.1, -0.05) is 0 Å². The molecule has 0 aromatic heterocycles. The number of carboxylic acids is 2. The molecule has 2 atom stereocenters. The lowest BCUT2D eigenvalue weighted by Gasteiger charge is -2.17. The monoisotopic (exact) mass is 289 g/mol. The van der Waals surface area contributed by atoms with Gasteiger partial charge in [0.25, 0.3) is 0 Å². The van der Waals surface area contributed by atoms with Gasteiger partial charge in [-0.2, -0.15) is 0 Å². The van der Waals surface area contributed by atoms with Crippen molar-refractivity contribution in [1.29, 1.82) is 0 Å². The van der Waals surface area contributed by atoms with Crippen molar-refractivity contribution in [2.45, 2.75) is 38.8 Å². The van der Waals surface area contributed by atoms with Crippen LogP contribution in [0.1, 0.15) is 26.7 Å². The van der Waals surface area contributed by atoms with Gasteiger partial charge in [-0.25, -0.2) is 9.59 Å². The second-order valence-corrected chi connectivity index (χ2v) is 4.06. The molecule has 20 heavy (non-hydrogen) atoms. The standard InChI is InChI=1S/C11H19N3O6/c1-3-12-9(17)6(2)13-11(20)14-7(10(18)19)4-5-8(15)16/h6-7H,3-5H2,1-2H3,(H,12,17)(H,15,16)(H,18,19)(H2,13,14,20)/t6?,7-/m0/s1. The van der Waals surface area contributed by atoms with Crippen LogP contribution >= 0.6 is 0 Å². The average molecular weight is 289 g/mol. The highest BCUT2D eigenvalue weighted by atomic mass is 16.4. The molecule has 3 amide bonds. The zero-order valence-electron chi connectivity index (χ0n) is 11.3. The molecule has 0 aromatic rings. The second kappa shape index (κ2) is 8.73. The van der Waals surface area contributed by atoms with Gasteiger partial charge in [-0.3, -0.25) is 9.59 Å². The number of nitrogens with one attached hydrogen (secondary N) is 3. The predicted molar refractivity (Wildman–Crippen MR) is 68.1 cm³/mol. The van der Waals surface area contributed by atoms with Crippen LogP contribution in [0.4, 0.5) is 4.79 Å². The molecule has 0 spiro atoms. The third-order valence-corrected chi connectivity index (χ3v) is 2.34. The molecular weight excluding hydrogens is 270 g/mol. The Kier molecular flexibility index (Phi) is 7.71. The first kappa shape index (κ1) is 17.7. The van der Waals surface area contributed by atoms with Crippen LogP contribution in [0.2, 0.25) is 0 Å². The first-order chi connectivity index (χ1) is 9.27. The van der Waals surface area contributed by atoms with Gasteiger partial charge in [0.15, 0.2) is 0 Å². The van der Waals surface area contributed by atoms with Crippen LogP contribution in [0.5, 0.6) is 0 Å². The Hall–Kier alpha value is -2.32. The smallest absolute Gasteiger partial charge is 0.326 e. The second-order valence-electron chi connectivity index (χ2n) is 4.06. The van der Waals surface area contributed by atoms with E-state index in [2.05, 4.69) is 16.0 Å². The van der Waals surface area contributed by atoms with Crippen LogP contribution in [0.15, 0.2) is 0 Å². The number of carbonyl (C=O) groups is 4. The Morgan fingerprint density at radius 2 is 1.70 bits per heavy atom. The maximum absolute atomic E-state index is 11.5. The fraction of sp³-hybridized carbons (Fsp3) is 0.636. The summed E-state index contributed by atoms with van der Waals surface area (Å²) < 4.78 is 0. The quantitative estimate of drug-likeness (QED) is 0.392. The lowest BCUT2D eigenvalue weighted by atomic mass is 10.1. The van der Waals surface area contributed by atoms with E-state index < -0.39 is 36.0 Å². The van der Waals surface area contributed by atoms with Crippen molar-refractivity contribution >= 4 is 23.9 Å². The Balaban J connectivity index is 4.35. The highest BCUT2D eigenvalue weighted by Crippen LogP contribution is 1.98. The number of urea groups is 1. The van der Waals surface area contributed by atoms with Gasteiger partial charge < -0.3 is 26.2 Å². The van der Waals surface area contributed by atoms with Gasteiger partial charge in [0, 0.05) is 13.0 Å². The molecular formula is C11H19N3O6. The van der Waals surface area contributed by atoms with Gasteiger partial charge in [-0.15, -0.1) is 0 Å². The normalized spacial score (nSPS) is 12.9. The average Bonchev–Trinajstić information content (AvgIpc) is 2.33. The first-order valence-corrected chi connectivity index (χ1v) is 6.07. The van der Waals surface area contributed by atoms with Crippen LogP contribution in [0.25, 0.3) is 0 Å². The topological polar surface area (TPSA) is 145 Å². The zero-order chi connectivity index (χ0) is 15.7. The van der Waals surface area contributed by atoms with Crippen molar-refractivity contribution in [2.75, 3.05) is 6.54 Å². The molecule has 0 saturated carbocycles. The number of hydrogen-bond donors (Lipinski definition) is 5. The molecule has 0 heterocycles. The molecule has 0 bridgehead atoms. The largest absolute Gasteiger partial charge is 0.481 e. The van der Waals surface area contributed by atoms with Crippen LogP contribution in [-0.4, -0.2) is 52.7 Å². The summed E-state index contributed by atoms with van der Waals surface area (Å²) in [5.41, 5.74) is 0. The number of carbonyl (C=O) groups excluding carboxylic acids is 2. The molecule has 0 radical (unpaired) electrons. The molecule has 0 aliphatic heterocycles. The molecule has 0 aromatic carbocycles. The number of aliphatic carboxylic acids is 2. The SMILES string of the molecule is CCNC(=O)C(C)NC(=O)N[C@@H](CCC(=O)O)C(=O)O. The van der Waals surface area contributed by atoms with Crippen molar-refractivity contribution in [3.05, 3.63) is 0 Å². The Labute approximate surface area is 115 Å². The number of rotatable bonds is 8. The van der Waals surface area contributed by atoms with E-state index in [9.17, 15) is 19.2 Å². The molecule has 114 valence electrons. The molecule has 5 N–H and O–H groups in total. The van der Waals surface area contributed by atoms with Crippen LogP contribution < -0.4 is 16.0 Å². The van der Waals surface area contributed by atoms with E-state index in [-0.39, 0.29) is 12.8 Å². The van der Waals surface area contributed by atoms with Crippen molar-refractivity contribution in [3.63, 3.8) is 0 Å². The van der Waals surface area contributed by atoms with Gasteiger partial charge in [-0.05, 0) is 20.3 Å². The summed E-state index contributed by atoms with van der Waals surface area (Å²) in [4.78, 5) is 44.1. The molecule has 0 rings (SSSR count). The van der Waals surface area contributed by atoms with Gasteiger partial charge in [0.1, 0.15) is 12.1 Å². The van der Waals surface area contributed by atoms with Crippen molar-refractivity contribution in [1.82, 2.24) is 16.0 Å². The number of carboxylic acid groups (broad SMARTS) is 2. The van der Waals surface area contributed by atoms with E-state index >= 15 is 0 Å². The minimum Gasteiger partial charge on any atom is -0.481 e. The van der Waals surface area contributed by atoms with Gasteiger partial charge in [0.2, 0.25) is 5.91 Å². The number of hydrogen-bond acceptors (Lipinski definition) is 4. The first-order valence-electron chi connectivity index (χ1n) is 6.07. The van der Waals surface area contributed by atoms with E-state index in [0.29, 0.717) is 6.54 Å². The Morgan fingerprint density at radius 1 is 1.10 bits per heavy atom. The Bertz CT molecular complexity index is 384. The van der Waals surface area contributed by atoms with E-state index in [1.54, 1.807) is 6.92 Å². The lowest BCUT2D eigenvalue weighted by molar-refractivity contribution is -0.140. The predicted octanol–water partition coefficient (Wildman–Crippen LogP) is -0.872. The van der Waals surface area contributed by atoms with Crippen molar-refractivity contribution < 1.29 is 29.4 Å². The van der Waals surface area contributed by atoms with Gasteiger partial charge >= 0.3 is 18.0 Å². The molecule has 9 heteroatoms. The molecule has 0 fully saturated rings. The van der Waals surface area contributed by atoms with E-state index in [0.717, 1.165) is 0 Å². The number of amides is 3. The summed E-state index contributed by atoms with van der Waals surface area (Å²) in [6.07, 6.45) is -0.628. The van der Waals surface area contributed by atoms with Crippen LogP contribution in [-0.2, 0) is 14.4 Å². The summed E-state index contributed by atoms with van der Waals surface area (Å²) in [5, 5.41) is 24.2. The molecule has 0 aliphatic rings. The number of likely N-dealkylation sites (N-methyl/N-ethyl adjacent to an activating group) is 1. The van der Waals surface area contributed by atoms with Crippen molar-refractivity contribution in [2.24, 2.45) is 0 Å². The highest BCUT2D eigenvalue weighted by Gasteiger charge is 2.22. The van der Waals surface area contributed by atoms with Crippen LogP contribution in [0.3, 0.4) is 0 Å². The summed E-state index contributed by atoms with van der Waals surface area (Å²) in [6, 6.07) is -3.00. The minimum absolute atomic E-state index is 0.242. The lowest BCUT2D eigenvalue weighted by Crippen LogP contribution is -2.52. The maximum atomic E-state index is 11.5. The van der Waals surface area contributed by atoms with E-state index in [1.807, 2.05) is 0 Å². The highest BCUT2D eigenvalue weighted by molar-refractivity contribution is 5.88.